The Bertz CT molecular complexity index is 2650. The first-order valence-corrected chi connectivity index (χ1v) is 21.7. The lowest BCUT2D eigenvalue weighted by atomic mass is 9.94. The molecule has 2 heterocycles. The topological polar surface area (TPSA) is 486 Å². The Hall–Kier alpha value is -9.23. The number of nitrogens with zero attached hydrogens (tertiary/aromatic N) is 4. The molecule has 0 bridgehead atoms. The van der Waals surface area contributed by atoms with Crippen molar-refractivity contribution in [3.05, 3.63) is 52.1 Å². The highest BCUT2D eigenvalue weighted by Gasteiger charge is 2.35. The molecule has 72 heavy (non-hydrogen) atoms. The Morgan fingerprint density at radius 1 is 0.764 bits per heavy atom. The van der Waals surface area contributed by atoms with E-state index in [1.54, 1.807) is 19.1 Å². The molecule has 6 atom stereocenters. The summed E-state index contributed by atoms with van der Waals surface area (Å²) in [4.78, 5) is 157. The molecule has 0 radical (unpaired) electrons. The number of amides is 5. The SMILES string of the molecule is C#CC[C@H](CC(=O)[C@H](CC(=O)O)NC(=O)[C@H](CC(=O)O)NC(=O)[C@H](CCCN=C(N)N)NC(=O)[C@H](CC(=O)O)NC(=O)CC[C@@H](C)NC(=O)c1ccc(NCc2cnc3nc(N)[nH]c(=O)c3n2)cc1)C(=O)O. The third-order valence-electron chi connectivity index (χ3n) is 10.2. The maximum atomic E-state index is 13.7. The molecule has 0 unspecified atom stereocenters. The Balaban J connectivity index is 1.66. The highest BCUT2D eigenvalue weighted by molar-refractivity contribution is 5.99. The van der Waals surface area contributed by atoms with Crippen LogP contribution in [0.2, 0.25) is 0 Å². The van der Waals surface area contributed by atoms with Gasteiger partial charge in [0.05, 0.1) is 49.7 Å². The van der Waals surface area contributed by atoms with E-state index in [4.69, 9.17) is 23.6 Å². The summed E-state index contributed by atoms with van der Waals surface area (Å²) in [6, 6.07) is -1.79. The number of rotatable bonds is 30. The fraction of sp³-hybridized carbons (Fsp3) is 0.419. The van der Waals surface area contributed by atoms with Gasteiger partial charge in [-0.25, -0.2) is 9.97 Å². The van der Waals surface area contributed by atoms with E-state index in [9.17, 15) is 73.2 Å². The predicted octanol–water partition coefficient (Wildman–Crippen LogP) is -3.09. The number of carbonyl (C=O) groups is 10. The number of benzene rings is 1. The summed E-state index contributed by atoms with van der Waals surface area (Å²) in [5, 5.41) is 52.5. The lowest BCUT2D eigenvalue weighted by Crippen LogP contribution is -2.58. The summed E-state index contributed by atoms with van der Waals surface area (Å²) in [6.45, 7) is 1.64. The van der Waals surface area contributed by atoms with Crippen LogP contribution in [0.15, 0.2) is 40.2 Å². The van der Waals surface area contributed by atoms with Crippen LogP contribution in [0.4, 0.5) is 11.6 Å². The molecular formula is C43H54N14O15. The molecule has 3 aromatic rings. The molecule has 0 spiro atoms. The normalized spacial score (nSPS) is 13.2. The number of guanidine groups is 1. The van der Waals surface area contributed by atoms with E-state index in [-0.39, 0.29) is 67.4 Å². The van der Waals surface area contributed by atoms with E-state index in [0.717, 1.165) is 0 Å². The smallest absolute Gasteiger partial charge is 0.307 e. The molecule has 1 aromatic carbocycles. The van der Waals surface area contributed by atoms with Gasteiger partial charge in [0, 0.05) is 43.1 Å². The van der Waals surface area contributed by atoms with E-state index in [0.29, 0.717) is 11.4 Å². The predicted molar refractivity (Wildman–Crippen MR) is 251 cm³/mol. The molecule has 3 rings (SSSR count). The monoisotopic (exact) mass is 1010 g/mol. The lowest BCUT2D eigenvalue weighted by Gasteiger charge is -2.26. The molecule has 0 aliphatic carbocycles. The summed E-state index contributed by atoms with van der Waals surface area (Å²) in [5.74, 6) is -12.4. The first-order valence-electron chi connectivity index (χ1n) is 21.7. The van der Waals surface area contributed by atoms with Crippen molar-refractivity contribution in [2.75, 3.05) is 17.6 Å². The third-order valence-corrected chi connectivity index (χ3v) is 10.2. The summed E-state index contributed by atoms with van der Waals surface area (Å²) in [6.07, 6.45) is 1.42. The van der Waals surface area contributed by atoms with Crippen molar-refractivity contribution in [2.45, 2.75) is 101 Å². The Kier molecular flexibility index (Phi) is 22.0. The number of hydrogen-bond donors (Lipinski definition) is 14. The highest BCUT2D eigenvalue weighted by Crippen LogP contribution is 2.15. The number of aliphatic imine (C=N–C) groups is 1. The molecule has 5 amide bonds. The van der Waals surface area contributed by atoms with Crippen LogP contribution < -0.4 is 54.7 Å². The summed E-state index contributed by atoms with van der Waals surface area (Å²) in [7, 11) is 0. The maximum absolute atomic E-state index is 13.7. The lowest BCUT2D eigenvalue weighted by molar-refractivity contribution is -0.145. The zero-order valence-corrected chi connectivity index (χ0v) is 38.5. The first-order chi connectivity index (χ1) is 33.9. The number of aliphatic carboxylic acids is 4. The minimum Gasteiger partial charge on any atom is -0.481 e. The number of nitrogen functional groups attached to an aromatic ring is 1. The number of terminal acetylenes is 1. The van der Waals surface area contributed by atoms with Crippen LogP contribution in [0.5, 0.6) is 0 Å². The second-order valence-electron chi connectivity index (χ2n) is 16.0. The second kappa shape index (κ2) is 27.7. The largest absolute Gasteiger partial charge is 0.481 e. The van der Waals surface area contributed by atoms with Crippen molar-refractivity contribution >= 4 is 88.0 Å². The van der Waals surface area contributed by atoms with Crippen LogP contribution in [-0.4, -0.2) is 142 Å². The number of carboxylic acid groups (broad SMARTS) is 4. The second-order valence-corrected chi connectivity index (χ2v) is 16.0. The van der Waals surface area contributed by atoms with Gasteiger partial charge in [-0.05, 0) is 50.5 Å². The van der Waals surface area contributed by atoms with Gasteiger partial charge in [0.25, 0.3) is 11.5 Å². The van der Waals surface area contributed by atoms with Crippen LogP contribution in [0.3, 0.4) is 0 Å². The standard InChI is InChI=1S/C43H54N14O15/c1-3-5-22(41(71)72)14-29(58)26(15-31(60)61)54-39(69)28(17-33(64)65)55-37(67)25(6-4-13-47-42(44)45)53-38(68)27(16-32(62)63)52-30(59)12-7-20(2)50-36(66)21-8-10-23(11-9-21)48-18-24-19-49-35-34(51-24)40(70)57-43(46)56-35/h1,8-11,19-20,22,25-28,48H,4-7,12-18H2,2H3,(H,50,66)(H,52,59)(H,53,68)(H,54,69)(H,55,67)(H,60,61)(H,62,63)(H,64,65)(H,71,72)(H4,44,45,47)(H3,46,49,56,57,70)/t20-,22-,25+,26+,27+,28+/m1/s1. The Labute approximate surface area is 408 Å². The summed E-state index contributed by atoms with van der Waals surface area (Å²) < 4.78 is 0. The number of aromatic amines is 1. The molecule has 2 aromatic heterocycles. The Morgan fingerprint density at radius 3 is 1.92 bits per heavy atom. The number of nitrogens with one attached hydrogen (secondary N) is 7. The van der Waals surface area contributed by atoms with Crippen molar-refractivity contribution in [1.82, 2.24) is 46.5 Å². The molecule has 17 N–H and O–H groups in total. The van der Waals surface area contributed by atoms with Gasteiger partial charge in [0.1, 0.15) is 18.1 Å². The van der Waals surface area contributed by atoms with Gasteiger partial charge in [0.2, 0.25) is 29.6 Å². The number of Topliss-reactive ketones (excluding diaryl/α,β-unsaturated/α-hetero) is 1. The summed E-state index contributed by atoms with van der Waals surface area (Å²) >= 11 is 0. The molecule has 386 valence electrons. The first kappa shape index (κ1) is 57.1. The molecule has 0 fully saturated rings. The van der Waals surface area contributed by atoms with Gasteiger partial charge in [-0.1, -0.05) is 0 Å². The average Bonchev–Trinajstić information content (AvgIpc) is 3.29. The molecule has 0 aliphatic heterocycles. The molecule has 0 saturated carbocycles. The molecule has 29 heteroatoms. The van der Waals surface area contributed by atoms with E-state index in [1.165, 1.54) is 18.3 Å². The number of carboxylic acids is 4. The third kappa shape index (κ3) is 19.4. The number of H-pyrrole nitrogens is 1. The van der Waals surface area contributed by atoms with Crippen molar-refractivity contribution in [3.8, 4) is 12.3 Å². The number of anilines is 2. The van der Waals surface area contributed by atoms with Crippen molar-refractivity contribution < 1.29 is 68.4 Å². The number of fused-ring (bicyclic) bond motifs is 1. The minimum absolute atomic E-state index is 0.00316. The van der Waals surface area contributed by atoms with E-state index in [1.807, 2.05) is 5.32 Å². The van der Waals surface area contributed by atoms with Crippen molar-refractivity contribution in [3.63, 3.8) is 0 Å². The zero-order chi connectivity index (χ0) is 53.7. The fourth-order valence-corrected chi connectivity index (χ4v) is 6.53. The van der Waals surface area contributed by atoms with Gasteiger partial charge in [-0.15, -0.1) is 12.3 Å². The van der Waals surface area contributed by atoms with Gasteiger partial charge in [-0.3, -0.25) is 62.7 Å². The van der Waals surface area contributed by atoms with Gasteiger partial charge in [0.15, 0.2) is 22.9 Å². The number of nitrogens with two attached hydrogens (primary N) is 3. The number of ketones is 1. The molecule has 29 nitrogen and oxygen atoms in total. The molecule has 0 aliphatic rings. The maximum Gasteiger partial charge on any atom is 0.307 e. The van der Waals surface area contributed by atoms with Crippen LogP contribution in [0, 0.1) is 18.3 Å². The van der Waals surface area contributed by atoms with Crippen LogP contribution in [-0.2, 0) is 49.7 Å². The average molecular weight is 1010 g/mol. The van der Waals surface area contributed by atoms with Gasteiger partial charge < -0.3 is 69.5 Å². The van der Waals surface area contributed by atoms with Gasteiger partial charge >= 0.3 is 23.9 Å². The van der Waals surface area contributed by atoms with E-state index in [2.05, 4.69) is 57.4 Å². The molecule has 0 saturated heterocycles. The number of aromatic nitrogens is 4. The highest BCUT2D eigenvalue weighted by atomic mass is 16.4. The van der Waals surface area contributed by atoms with E-state index >= 15 is 0 Å². The van der Waals surface area contributed by atoms with Crippen LogP contribution in [0.25, 0.3) is 11.2 Å². The number of carbonyl (C=O) groups excluding carboxylic acids is 6. The zero-order valence-electron chi connectivity index (χ0n) is 38.5. The molecular weight excluding hydrogens is 953 g/mol. The quantitative estimate of drug-likeness (QED) is 0.0136. The summed E-state index contributed by atoms with van der Waals surface area (Å²) in [5.41, 5.74) is 17.1. The van der Waals surface area contributed by atoms with Crippen molar-refractivity contribution in [2.24, 2.45) is 22.4 Å². The van der Waals surface area contributed by atoms with Crippen LogP contribution in [0.1, 0.15) is 80.8 Å². The van der Waals surface area contributed by atoms with Crippen LogP contribution >= 0.6 is 0 Å². The van der Waals surface area contributed by atoms with Crippen molar-refractivity contribution in [1.29, 1.82) is 0 Å². The minimum atomic E-state index is -2.04. The Morgan fingerprint density at radius 2 is 1.33 bits per heavy atom. The fourth-order valence-electron chi connectivity index (χ4n) is 6.53. The number of hydrogen-bond acceptors (Lipinski definition) is 17. The van der Waals surface area contributed by atoms with E-state index < -0.39 is 133 Å². The van der Waals surface area contributed by atoms with Gasteiger partial charge in [-0.2, -0.15) is 4.98 Å².